The summed E-state index contributed by atoms with van der Waals surface area (Å²) in [5.74, 6) is 1.99. The van der Waals surface area contributed by atoms with Crippen molar-refractivity contribution in [1.29, 1.82) is 0 Å². The van der Waals surface area contributed by atoms with Crippen LogP contribution < -0.4 is 20.3 Å². The van der Waals surface area contributed by atoms with Gasteiger partial charge >= 0.3 is 6.03 Å². The fourth-order valence-corrected chi connectivity index (χ4v) is 3.84. The largest absolute Gasteiger partial charge is 0.438 e. The molecule has 0 aliphatic carbocycles. The van der Waals surface area contributed by atoms with Crippen LogP contribution in [-0.4, -0.2) is 47.5 Å². The van der Waals surface area contributed by atoms with E-state index in [-0.39, 0.29) is 5.41 Å². The van der Waals surface area contributed by atoms with Crippen molar-refractivity contribution in [1.82, 2.24) is 15.1 Å². The summed E-state index contributed by atoms with van der Waals surface area (Å²) in [5.41, 5.74) is 2.20. The van der Waals surface area contributed by atoms with Gasteiger partial charge in [-0.1, -0.05) is 32.0 Å². The maximum Gasteiger partial charge on any atom is 0.324 e. The lowest BCUT2D eigenvalue weighted by molar-refractivity contribution is 0.122. The highest BCUT2D eigenvalue weighted by molar-refractivity contribution is 5.99. The smallest absolute Gasteiger partial charge is 0.324 e. The zero-order valence-electron chi connectivity index (χ0n) is 20.4. The Labute approximate surface area is 208 Å². The molecule has 3 heterocycles. The SMILES string of the molecule is CC(C)(C)c1cc(NC(=O)Nc2cccc(Oc3ncnc4ccc(N5CCOCC5)cc34)c2)no1. The zero-order valence-corrected chi connectivity index (χ0v) is 20.4. The first-order chi connectivity index (χ1) is 17.3. The summed E-state index contributed by atoms with van der Waals surface area (Å²) in [6.07, 6.45) is 1.48. The van der Waals surface area contributed by atoms with Gasteiger partial charge in [0.15, 0.2) is 5.82 Å². The van der Waals surface area contributed by atoms with Gasteiger partial charge in [-0.3, -0.25) is 5.32 Å². The van der Waals surface area contributed by atoms with Crippen LogP contribution in [0.5, 0.6) is 11.6 Å². The predicted molar refractivity (Wildman–Crippen MR) is 137 cm³/mol. The van der Waals surface area contributed by atoms with Crippen molar-refractivity contribution in [3.8, 4) is 11.6 Å². The number of carbonyl (C=O) groups is 1. The molecule has 1 aliphatic heterocycles. The molecular weight excluding hydrogens is 460 g/mol. The zero-order chi connectivity index (χ0) is 25.1. The summed E-state index contributed by atoms with van der Waals surface area (Å²) in [4.78, 5) is 23.5. The molecule has 2 aromatic heterocycles. The molecule has 4 aromatic rings. The first-order valence-corrected chi connectivity index (χ1v) is 11.8. The standard InChI is InChI=1S/C26H28N6O4/c1-26(2,3)22-15-23(31-36-22)30-25(33)29-17-5-4-6-19(13-17)35-24-20-14-18(32-9-11-34-12-10-32)7-8-21(20)27-16-28-24/h4-8,13-16H,9-12H2,1-3H3,(H2,29,30,31,33). The third-order valence-corrected chi connectivity index (χ3v) is 5.76. The molecule has 0 atom stereocenters. The first-order valence-electron chi connectivity index (χ1n) is 11.8. The first kappa shape index (κ1) is 23.6. The lowest BCUT2D eigenvalue weighted by Crippen LogP contribution is -2.36. The van der Waals surface area contributed by atoms with Crippen LogP contribution in [0.15, 0.2) is 59.4 Å². The number of aromatic nitrogens is 3. The van der Waals surface area contributed by atoms with Gasteiger partial charge < -0.3 is 24.2 Å². The van der Waals surface area contributed by atoms with Crippen molar-refractivity contribution in [3.63, 3.8) is 0 Å². The van der Waals surface area contributed by atoms with Crippen molar-refractivity contribution in [2.75, 3.05) is 41.8 Å². The van der Waals surface area contributed by atoms with E-state index in [2.05, 4.69) is 30.7 Å². The number of rotatable bonds is 5. The van der Waals surface area contributed by atoms with E-state index in [4.69, 9.17) is 14.0 Å². The average Bonchev–Trinajstić information content (AvgIpc) is 3.34. The molecule has 0 bridgehead atoms. The molecule has 36 heavy (non-hydrogen) atoms. The Morgan fingerprint density at radius 2 is 1.86 bits per heavy atom. The number of benzene rings is 2. The van der Waals surface area contributed by atoms with E-state index < -0.39 is 6.03 Å². The monoisotopic (exact) mass is 488 g/mol. The summed E-state index contributed by atoms with van der Waals surface area (Å²) in [5, 5.41) is 10.2. The van der Waals surface area contributed by atoms with Gasteiger partial charge in [0.05, 0.1) is 24.1 Å². The maximum atomic E-state index is 12.5. The molecule has 186 valence electrons. The van der Waals surface area contributed by atoms with Crippen LogP contribution in [0.3, 0.4) is 0 Å². The number of morpholine rings is 1. The van der Waals surface area contributed by atoms with E-state index in [0.717, 1.165) is 29.7 Å². The number of fused-ring (bicyclic) bond motifs is 1. The van der Waals surface area contributed by atoms with Crippen LogP contribution in [0.4, 0.5) is 22.0 Å². The minimum Gasteiger partial charge on any atom is -0.438 e. The second-order valence-electron chi connectivity index (χ2n) is 9.52. The Kier molecular flexibility index (Phi) is 6.43. The molecule has 0 unspecified atom stereocenters. The van der Waals surface area contributed by atoms with E-state index in [1.807, 2.05) is 39.0 Å². The summed E-state index contributed by atoms with van der Waals surface area (Å²) >= 11 is 0. The van der Waals surface area contributed by atoms with Crippen molar-refractivity contribution in [2.24, 2.45) is 0 Å². The number of ether oxygens (including phenoxy) is 2. The van der Waals surface area contributed by atoms with Crippen LogP contribution in [0, 0.1) is 0 Å². The minimum atomic E-state index is -0.441. The van der Waals surface area contributed by atoms with E-state index in [1.54, 1.807) is 30.3 Å². The van der Waals surface area contributed by atoms with Crippen LogP contribution in [0.2, 0.25) is 0 Å². The number of hydrogen-bond acceptors (Lipinski definition) is 8. The Hall–Kier alpha value is -4.18. The van der Waals surface area contributed by atoms with Crippen molar-refractivity contribution in [2.45, 2.75) is 26.2 Å². The van der Waals surface area contributed by atoms with Crippen molar-refractivity contribution >= 4 is 34.1 Å². The molecular formula is C26H28N6O4. The number of carbonyl (C=O) groups excluding carboxylic acids is 1. The highest BCUT2D eigenvalue weighted by Crippen LogP contribution is 2.31. The predicted octanol–water partition coefficient (Wildman–Crippen LogP) is 5.19. The van der Waals surface area contributed by atoms with Crippen LogP contribution >= 0.6 is 0 Å². The second kappa shape index (κ2) is 9.82. The molecule has 1 fully saturated rings. The molecule has 5 rings (SSSR count). The molecule has 0 spiro atoms. The average molecular weight is 489 g/mol. The summed E-state index contributed by atoms with van der Waals surface area (Å²) < 4.78 is 16.9. The lowest BCUT2D eigenvalue weighted by Gasteiger charge is -2.29. The Balaban J connectivity index is 1.30. The number of anilines is 3. The number of hydrogen-bond donors (Lipinski definition) is 2. The second-order valence-corrected chi connectivity index (χ2v) is 9.52. The maximum absolute atomic E-state index is 12.5. The number of amides is 2. The van der Waals surface area contributed by atoms with E-state index in [9.17, 15) is 4.79 Å². The molecule has 0 radical (unpaired) electrons. The van der Waals surface area contributed by atoms with Crippen molar-refractivity contribution < 1.29 is 18.8 Å². The summed E-state index contributed by atoms with van der Waals surface area (Å²) in [7, 11) is 0. The van der Waals surface area contributed by atoms with Gasteiger partial charge in [-0.2, -0.15) is 0 Å². The van der Waals surface area contributed by atoms with E-state index >= 15 is 0 Å². The highest BCUT2D eigenvalue weighted by atomic mass is 16.5. The minimum absolute atomic E-state index is 0.205. The number of nitrogens with zero attached hydrogens (tertiary/aromatic N) is 4. The van der Waals surface area contributed by atoms with Crippen LogP contribution in [0.1, 0.15) is 26.5 Å². The van der Waals surface area contributed by atoms with Crippen LogP contribution in [-0.2, 0) is 10.2 Å². The van der Waals surface area contributed by atoms with Gasteiger partial charge in [0.2, 0.25) is 5.88 Å². The lowest BCUT2D eigenvalue weighted by atomic mass is 9.93. The highest BCUT2D eigenvalue weighted by Gasteiger charge is 2.20. The van der Waals surface area contributed by atoms with E-state index in [1.165, 1.54) is 6.33 Å². The molecule has 2 N–H and O–H groups in total. The van der Waals surface area contributed by atoms with Gasteiger partial charge in [-0.05, 0) is 30.3 Å². The number of nitrogens with one attached hydrogen (secondary N) is 2. The van der Waals surface area contributed by atoms with Gasteiger partial charge in [0.25, 0.3) is 0 Å². The van der Waals surface area contributed by atoms with Gasteiger partial charge in [-0.25, -0.2) is 14.8 Å². The summed E-state index contributed by atoms with van der Waals surface area (Å²) in [6, 6.07) is 14.4. The molecule has 10 heteroatoms. The molecule has 1 aliphatic rings. The Morgan fingerprint density at radius 3 is 2.64 bits per heavy atom. The van der Waals surface area contributed by atoms with Gasteiger partial charge in [-0.15, -0.1) is 0 Å². The van der Waals surface area contributed by atoms with Gasteiger partial charge in [0.1, 0.15) is 17.8 Å². The third-order valence-electron chi connectivity index (χ3n) is 5.76. The van der Waals surface area contributed by atoms with Gasteiger partial charge in [0, 0.05) is 42.0 Å². The molecule has 2 amide bonds. The number of urea groups is 1. The Bertz CT molecular complexity index is 1370. The summed E-state index contributed by atoms with van der Waals surface area (Å²) in [6.45, 7) is 9.09. The van der Waals surface area contributed by atoms with Crippen molar-refractivity contribution in [3.05, 3.63) is 60.6 Å². The third kappa shape index (κ3) is 5.38. The fourth-order valence-electron chi connectivity index (χ4n) is 3.84. The Morgan fingerprint density at radius 1 is 1.03 bits per heavy atom. The van der Waals surface area contributed by atoms with Crippen LogP contribution in [0.25, 0.3) is 10.9 Å². The normalized spacial score (nSPS) is 14.0. The van der Waals surface area contributed by atoms with E-state index in [0.29, 0.717) is 42.1 Å². The fraction of sp³-hybridized carbons (Fsp3) is 0.308. The quantitative estimate of drug-likeness (QED) is 0.395. The molecule has 2 aromatic carbocycles. The molecule has 1 saturated heterocycles. The molecule has 0 saturated carbocycles. The molecule has 10 nitrogen and oxygen atoms in total. The topological polar surface area (TPSA) is 115 Å².